The van der Waals surface area contributed by atoms with E-state index in [1.807, 2.05) is 6.92 Å². The normalized spacial score (nSPS) is 19.8. The lowest BCUT2D eigenvalue weighted by molar-refractivity contribution is -0.384. The van der Waals surface area contributed by atoms with E-state index in [0.29, 0.717) is 6.04 Å². The first-order valence-electron chi connectivity index (χ1n) is 6.36. The van der Waals surface area contributed by atoms with Crippen molar-refractivity contribution in [3.8, 4) is 0 Å². The number of aryl methyl sites for hydroxylation is 1. The molecule has 1 aromatic rings. The van der Waals surface area contributed by atoms with Crippen LogP contribution in [0.2, 0.25) is 5.02 Å². The van der Waals surface area contributed by atoms with E-state index in [4.69, 9.17) is 16.3 Å². The molecule has 1 N–H and O–H groups in total. The number of nitro groups is 1. The lowest BCUT2D eigenvalue weighted by Crippen LogP contribution is -2.20. The van der Waals surface area contributed by atoms with Gasteiger partial charge in [-0.25, -0.2) is 0 Å². The summed E-state index contributed by atoms with van der Waals surface area (Å²) in [6.07, 6.45) is 3.00. The molecule has 0 saturated carbocycles. The standard InChI is InChI=1S/C13H17ClN2O3/c1-9-7-13(16(17)18)11(14)8-12(9)15-10-3-2-5-19-6-4-10/h7-8,10,15H,2-6H2,1H3. The van der Waals surface area contributed by atoms with Gasteiger partial charge < -0.3 is 10.1 Å². The van der Waals surface area contributed by atoms with Crippen molar-refractivity contribution in [2.24, 2.45) is 0 Å². The average Bonchev–Trinajstić information content (AvgIpc) is 2.61. The van der Waals surface area contributed by atoms with E-state index in [1.165, 1.54) is 6.07 Å². The summed E-state index contributed by atoms with van der Waals surface area (Å²) in [5.41, 5.74) is 1.65. The van der Waals surface area contributed by atoms with Gasteiger partial charge in [0.15, 0.2) is 0 Å². The van der Waals surface area contributed by atoms with Gasteiger partial charge in [-0.2, -0.15) is 0 Å². The van der Waals surface area contributed by atoms with Gasteiger partial charge in [0.1, 0.15) is 5.02 Å². The van der Waals surface area contributed by atoms with Crippen LogP contribution >= 0.6 is 11.6 Å². The van der Waals surface area contributed by atoms with Crippen LogP contribution in [0, 0.1) is 17.0 Å². The smallest absolute Gasteiger partial charge is 0.288 e. The Kier molecular flexibility index (Phi) is 4.61. The molecule has 0 radical (unpaired) electrons. The Bertz CT molecular complexity index is 471. The summed E-state index contributed by atoms with van der Waals surface area (Å²) >= 11 is 5.94. The molecular formula is C13H17ClN2O3. The third-order valence-electron chi connectivity index (χ3n) is 3.30. The van der Waals surface area contributed by atoms with Crippen LogP contribution in [0.25, 0.3) is 0 Å². The second-order valence-electron chi connectivity index (χ2n) is 4.76. The molecule has 0 aliphatic carbocycles. The lowest BCUT2D eigenvalue weighted by atomic mass is 10.1. The number of ether oxygens (including phenoxy) is 1. The van der Waals surface area contributed by atoms with E-state index in [9.17, 15) is 10.1 Å². The largest absolute Gasteiger partial charge is 0.382 e. The predicted octanol–water partition coefficient (Wildman–Crippen LogP) is 3.54. The maximum atomic E-state index is 10.8. The van der Waals surface area contributed by atoms with Crippen molar-refractivity contribution >= 4 is 23.0 Å². The number of hydrogen-bond donors (Lipinski definition) is 1. The zero-order valence-corrected chi connectivity index (χ0v) is 11.6. The van der Waals surface area contributed by atoms with Crippen LogP contribution in [0.15, 0.2) is 12.1 Å². The molecule has 104 valence electrons. The minimum atomic E-state index is -0.460. The van der Waals surface area contributed by atoms with Gasteiger partial charge in [-0.3, -0.25) is 10.1 Å². The minimum Gasteiger partial charge on any atom is -0.382 e. The molecule has 2 rings (SSSR count). The molecule has 1 fully saturated rings. The van der Waals surface area contributed by atoms with Gasteiger partial charge in [0.05, 0.1) is 4.92 Å². The first-order chi connectivity index (χ1) is 9.08. The maximum Gasteiger partial charge on any atom is 0.288 e. The third-order valence-corrected chi connectivity index (χ3v) is 3.60. The summed E-state index contributed by atoms with van der Waals surface area (Å²) in [5, 5.41) is 14.4. The van der Waals surface area contributed by atoms with Crippen molar-refractivity contribution < 1.29 is 9.66 Å². The van der Waals surface area contributed by atoms with E-state index in [-0.39, 0.29) is 10.7 Å². The molecule has 1 unspecified atom stereocenters. The van der Waals surface area contributed by atoms with Gasteiger partial charge in [0.25, 0.3) is 5.69 Å². The summed E-state index contributed by atoms with van der Waals surface area (Å²) in [4.78, 5) is 10.3. The minimum absolute atomic E-state index is 0.0473. The van der Waals surface area contributed by atoms with E-state index in [1.54, 1.807) is 6.07 Å². The first-order valence-corrected chi connectivity index (χ1v) is 6.74. The molecule has 5 nitrogen and oxygen atoms in total. The SMILES string of the molecule is Cc1cc([N+](=O)[O-])c(Cl)cc1NC1CCCOCC1. The van der Waals surface area contributed by atoms with E-state index < -0.39 is 4.92 Å². The Balaban J connectivity index is 2.16. The second-order valence-corrected chi connectivity index (χ2v) is 5.17. The Morgan fingerprint density at radius 2 is 2.21 bits per heavy atom. The van der Waals surface area contributed by atoms with Crippen molar-refractivity contribution in [3.05, 3.63) is 32.8 Å². The van der Waals surface area contributed by atoms with Crippen molar-refractivity contribution in [1.82, 2.24) is 0 Å². The number of nitrogens with zero attached hydrogens (tertiary/aromatic N) is 1. The quantitative estimate of drug-likeness (QED) is 0.681. The van der Waals surface area contributed by atoms with Gasteiger partial charge in [0, 0.05) is 31.0 Å². The monoisotopic (exact) mass is 284 g/mol. The number of benzene rings is 1. The highest BCUT2D eigenvalue weighted by atomic mass is 35.5. The number of hydrogen-bond acceptors (Lipinski definition) is 4. The number of halogens is 1. The highest BCUT2D eigenvalue weighted by molar-refractivity contribution is 6.33. The highest BCUT2D eigenvalue weighted by Gasteiger charge is 2.18. The summed E-state index contributed by atoms with van der Waals surface area (Å²) < 4.78 is 5.41. The van der Waals surface area contributed by atoms with Crippen LogP contribution in [0.3, 0.4) is 0 Å². The van der Waals surface area contributed by atoms with Gasteiger partial charge >= 0.3 is 0 Å². The number of nitrogens with one attached hydrogen (secondary N) is 1. The molecule has 6 heteroatoms. The Morgan fingerprint density at radius 1 is 1.42 bits per heavy atom. The van der Waals surface area contributed by atoms with Crippen LogP contribution in [0.1, 0.15) is 24.8 Å². The van der Waals surface area contributed by atoms with Gasteiger partial charge in [0.2, 0.25) is 0 Å². The molecule has 0 aromatic heterocycles. The molecule has 1 aliphatic rings. The summed E-state index contributed by atoms with van der Waals surface area (Å²) in [7, 11) is 0. The van der Waals surface area contributed by atoms with Gasteiger partial charge in [-0.1, -0.05) is 11.6 Å². The van der Waals surface area contributed by atoms with E-state index in [0.717, 1.165) is 43.7 Å². The third kappa shape index (κ3) is 3.58. The fourth-order valence-corrected chi connectivity index (χ4v) is 2.46. The Hall–Kier alpha value is -1.33. The number of anilines is 1. The predicted molar refractivity (Wildman–Crippen MR) is 74.9 cm³/mol. The molecule has 1 saturated heterocycles. The number of nitro benzene ring substituents is 1. The second kappa shape index (κ2) is 6.21. The highest BCUT2D eigenvalue weighted by Crippen LogP contribution is 2.31. The zero-order chi connectivity index (χ0) is 13.8. The molecule has 19 heavy (non-hydrogen) atoms. The molecule has 0 bridgehead atoms. The van der Waals surface area contributed by atoms with Gasteiger partial charge in [-0.15, -0.1) is 0 Å². The molecule has 1 heterocycles. The molecule has 1 atom stereocenters. The maximum absolute atomic E-state index is 10.8. The van der Waals surface area contributed by atoms with Gasteiger partial charge in [-0.05, 0) is 37.8 Å². The lowest BCUT2D eigenvalue weighted by Gasteiger charge is -2.19. The summed E-state index contributed by atoms with van der Waals surface area (Å²) in [6, 6.07) is 3.48. The zero-order valence-electron chi connectivity index (χ0n) is 10.8. The molecule has 0 amide bonds. The van der Waals surface area contributed by atoms with E-state index in [2.05, 4.69) is 5.32 Å². The Morgan fingerprint density at radius 3 is 2.95 bits per heavy atom. The van der Waals surface area contributed by atoms with Crippen molar-refractivity contribution in [1.29, 1.82) is 0 Å². The summed E-state index contributed by atoms with van der Waals surface area (Å²) in [6.45, 7) is 3.40. The van der Waals surface area contributed by atoms with Crippen molar-refractivity contribution in [2.45, 2.75) is 32.2 Å². The van der Waals surface area contributed by atoms with Crippen molar-refractivity contribution in [3.63, 3.8) is 0 Å². The Labute approximate surface area is 117 Å². The van der Waals surface area contributed by atoms with E-state index >= 15 is 0 Å². The summed E-state index contributed by atoms with van der Waals surface area (Å²) in [5.74, 6) is 0. The first kappa shape index (κ1) is 14.1. The van der Waals surface area contributed by atoms with Crippen LogP contribution in [-0.2, 0) is 4.74 Å². The van der Waals surface area contributed by atoms with Crippen LogP contribution in [0.4, 0.5) is 11.4 Å². The average molecular weight is 285 g/mol. The van der Waals surface area contributed by atoms with Crippen molar-refractivity contribution in [2.75, 3.05) is 18.5 Å². The fourth-order valence-electron chi connectivity index (χ4n) is 2.23. The van der Waals surface area contributed by atoms with Crippen LogP contribution < -0.4 is 5.32 Å². The topological polar surface area (TPSA) is 64.4 Å². The molecule has 1 aliphatic heterocycles. The molecule has 1 aromatic carbocycles. The number of rotatable bonds is 3. The molecular weight excluding hydrogens is 268 g/mol. The van der Waals surface area contributed by atoms with Crippen LogP contribution in [-0.4, -0.2) is 24.2 Å². The van der Waals surface area contributed by atoms with Crippen LogP contribution in [0.5, 0.6) is 0 Å². The molecule has 0 spiro atoms. The fraction of sp³-hybridized carbons (Fsp3) is 0.538.